The maximum absolute atomic E-state index is 12.2. The third-order valence-electron chi connectivity index (χ3n) is 3.98. The molecule has 1 aromatic rings. The van der Waals surface area contributed by atoms with Crippen molar-refractivity contribution in [2.75, 3.05) is 17.6 Å². The van der Waals surface area contributed by atoms with Crippen molar-refractivity contribution in [3.8, 4) is 0 Å². The quantitative estimate of drug-likeness (QED) is 0.754. The molecule has 5 nitrogen and oxygen atoms in total. The number of nitrogens with one attached hydrogen (secondary N) is 2. The van der Waals surface area contributed by atoms with Crippen LogP contribution in [0.15, 0.2) is 0 Å². The van der Waals surface area contributed by atoms with E-state index in [1.807, 2.05) is 0 Å². The number of carbonyl (C=O) groups is 1. The fraction of sp³-hybridized carbons (Fsp3) is 0.714. The fourth-order valence-electron chi connectivity index (χ4n) is 1.81. The summed E-state index contributed by atoms with van der Waals surface area (Å²) in [5, 5.41) is 7.03. The van der Waals surface area contributed by atoms with Crippen molar-refractivity contribution in [2.24, 2.45) is 5.41 Å². The molecule has 1 aliphatic rings. The molecule has 2 rings (SSSR count). The normalized spacial score (nSPS) is 15.8. The molecule has 0 bridgehead atoms. The lowest BCUT2D eigenvalue weighted by Gasteiger charge is -2.25. The highest BCUT2D eigenvalue weighted by Crippen LogP contribution is 2.29. The van der Waals surface area contributed by atoms with Crippen molar-refractivity contribution >= 4 is 28.2 Å². The molecule has 0 saturated heterocycles. The Kier molecular flexibility index (Phi) is 4.52. The minimum Gasteiger partial charge on any atom is -0.382 e. The summed E-state index contributed by atoms with van der Waals surface area (Å²) in [5.74, 6) is 0.201. The van der Waals surface area contributed by atoms with Crippen LogP contribution in [0.1, 0.15) is 56.1 Å². The first-order valence-electron chi connectivity index (χ1n) is 7.22. The molecule has 112 valence electrons. The highest BCUT2D eigenvalue weighted by molar-refractivity contribution is 7.18. The molecule has 0 unspecified atom stereocenters. The molecular weight excluding hydrogens is 272 g/mol. The van der Waals surface area contributed by atoms with E-state index in [1.165, 1.54) is 30.6 Å². The second-order valence-electron chi connectivity index (χ2n) is 6.21. The second-order valence-corrected chi connectivity index (χ2v) is 7.21. The Bertz CT molecular complexity index is 480. The molecule has 0 aliphatic heterocycles. The lowest BCUT2D eigenvalue weighted by atomic mass is 9.90. The molecule has 0 spiro atoms. The average Bonchev–Trinajstić information content (AvgIpc) is 2.72. The van der Waals surface area contributed by atoms with Gasteiger partial charge in [0.25, 0.3) is 5.91 Å². The second kappa shape index (κ2) is 5.99. The summed E-state index contributed by atoms with van der Waals surface area (Å²) in [5.41, 5.74) is 5.95. The summed E-state index contributed by atoms with van der Waals surface area (Å²) in [7, 11) is 0. The van der Waals surface area contributed by atoms with Gasteiger partial charge in [-0.1, -0.05) is 32.1 Å². The molecule has 1 saturated carbocycles. The van der Waals surface area contributed by atoms with Crippen molar-refractivity contribution in [3.63, 3.8) is 0 Å². The van der Waals surface area contributed by atoms with Crippen LogP contribution in [0.5, 0.6) is 0 Å². The number of hydrogen-bond acceptors (Lipinski definition) is 5. The van der Waals surface area contributed by atoms with E-state index in [2.05, 4.69) is 36.4 Å². The van der Waals surface area contributed by atoms with E-state index in [4.69, 9.17) is 5.73 Å². The zero-order valence-corrected chi connectivity index (χ0v) is 13.3. The summed E-state index contributed by atoms with van der Waals surface area (Å²) in [6.45, 7) is 7.03. The van der Waals surface area contributed by atoms with Crippen LogP contribution in [0.2, 0.25) is 0 Å². The van der Waals surface area contributed by atoms with Crippen molar-refractivity contribution in [1.82, 2.24) is 10.3 Å². The summed E-state index contributed by atoms with van der Waals surface area (Å²) in [6, 6.07) is 0.496. The summed E-state index contributed by atoms with van der Waals surface area (Å²) in [4.78, 5) is 16.9. The average molecular weight is 296 g/mol. The van der Waals surface area contributed by atoms with E-state index in [1.54, 1.807) is 0 Å². The van der Waals surface area contributed by atoms with Crippen LogP contribution in [0.3, 0.4) is 0 Å². The number of amides is 1. The van der Waals surface area contributed by atoms with Crippen molar-refractivity contribution in [2.45, 2.75) is 52.5 Å². The fourth-order valence-corrected chi connectivity index (χ4v) is 2.69. The first kappa shape index (κ1) is 15.1. The molecule has 6 heteroatoms. The standard InChI is InChI=1S/C14H24N4OS/c1-4-14(2,3)8-16-12(19)10-11(15)18-13(20-10)17-9-6-5-7-9/h9H,4-8,15H2,1-3H3,(H,16,19)(H,17,18). The van der Waals surface area contributed by atoms with Gasteiger partial charge in [-0.3, -0.25) is 4.79 Å². The van der Waals surface area contributed by atoms with Crippen LogP contribution in [-0.4, -0.2) is 23.5 Å². The first-order valence-corrected chi connectivity index (χ1v) is 8.04. The number of nitrogens with zero attached hydrogens (tertiary/aromatic N) is 1. The molecule has 1 amide bonds. The zero-order chi connectivity index (χ0) is 14.8. The summed E-state index contributed by atoms with van der Waals surface area (Å²) >= 11 is 1.34. The molecule has 4 N–H and O–H groups in total. The van der Waals surface area contributed by atoms with Gasteiger partial charge < -0.3 is 16.4 Å². The predicted octanol–water partition coefficient (Wildman–Crippen LogP) is 2.86. The molecule has 1 fully saturated rings. The van der Waals surface area contributed by atoms with Gasteiger partial charge in [0.1, 0.15) is 10.7 Å². The van der Waals surface area contributed by atoms with E-state index >= 15 is 0 Å². The molecule has 0 aromatic carbocycles. The van der Waals surface area contributed by atoms with Gasteiger partial charge in [0.05, 0.1) is 0 Å². The minimum absolute atomic E-state index is 0.0993. The van der Waals surface area contributed by atoms with Crippen molar-refractivity contribution in [3.05, 3.63) is 4.88 Å². The molecule has 0 atom stereocenters. The van der Waals surface area contributed by atoms with E-state index in [9.17, 15) is 4.79 Å². The van der Waals surface area contributed by atoms with Gasteiger partial charge in [0.15, 0.2) is 5.13 Å². The van der Waals surface area contributed by atoms with E-state index in [-0.39, 0.29) is 11.3 Å². The third-order valence-corrected chi connectivity index (χ3v) is 4.98. The number of nitrogens with two attached hydrogens (primary N) is 1. The van der Waals surface area contributed by atoms with Crippen LogP contribution >= 0.6 is 11.3 Å². The lowest BCUT2D eigenvalue weighted by Crippen LogP contribution is -2.33. The maximum atomic E-state index is 12.2. The molecule has 1 heterocycles. The van der Waals surface area contributed by atoms with Gasteiger partial charge in [-0.25, -0.2) is 4.98 Å². The number of aromatic nitrogens is 1. The molecule has 1 aromatic heterocycles. The van der Waals surface area contributed by atoms with Crippen LogP contribution in [0.25, 0.3) is 0 Å². The molecular formula is C14H24N4OS. The van der Waals surface area contributed by atoms with Crippen LogP contribution in [0, 0.1) is 5.41 Å². The Labute approximate surface area is 124 Å². The minimum atomic E-state index is -0.122. The number of anilines is 2. The van der Waals surface area contributed by atoms with Gasteiger partial charge >= 0.3 is 0 Å². The Morgan fingerprint density at radius 2 is 2.20 bits per heavy atom. The Hall–Kier alpha value is -1.30. The van der Waals surface area contributed by atoms with Crippen molar-refractivity contribution in [1.29, 1.82) is 0 Å². The Morgan fingerprint density at radius 1 is 1.50 bits per heavy atom. The largest absolute Gasteiger partial charge is 0.382 e. The van der Waals surface area contributed by atoms with Gasteiger partial charge in [0.2, 0.25) is 0 Å². The number of carbonyl (C=O) groups excluding carboxylic acids is 1. The smallest absolute Gasteiger partial charge is 0.265 e. The van der Waals surface area contributed by atoms with Gasteiger partial charge in [-0.15, -0.1) is 0 Å². The summed E-state index contributed by atoms with van der Waals surface area (Å²) in [6.07, 6.45) is 4.62. The number of thiazole rings is 1. The van der Waals surface area contributed by atoms with Crippen LogP contribution < -0.4 is 16.4 Å². The monoisotopic (exact) mass is 296 g/mol. The summed E-state index contributed by atoms with van der Waals surface area (Å²) < 4.78 is 0. The number of hydrogen-bond donors (Lipinski definition) is 3. The number of nitrogen functional groups attached to an aromatic ring is 1. The lowest BCUT2D eigenvalue weighted by molar-refractivity contribution is 0.0940. The van der Waals surface area contributed by atoms with E-state index in [0.717, 1.165) is 11.6 Å². The van der Waals surface area contributed by atoms with E-state index in [0.29, 0.717) is 23.3 Å². The SMILES string of the molecule is CCC(C)(C)CNC(=O)c1sc(NC2CCC2)nc1N. The maximum Gasteiger partial charge on any atom is 0.265 e. The zero-order valence-electron chi connectivity index (χ0n) is 12.5. The molecule has 0 radical (unpaired) electrons. The van der Waals surface area contributed by atoms with E-state index < -0.39 is 0 Å². The third kappa shape index (κ3) is 3.62. The Morgan fingerprint density at radius 3 is 2.75 bits per heavy atom. The highest BCUT2D eigenvalue weighted by atomic mass is 32.1. The number of rotatable bonds is 6. The van der Waals surface area contributed by atoms with Gasteiger partial charge in [-0.2, -0.15) is 0 Å². The van der Waals surface area contributed by atoms with Crippen LogP contribution in [-0.2, 0) is 0 Å². The molecule has 1 aliphatic carbocycles. The van der Waals surface area contributed by atoms with Crippen molar-refractivity contribution < 1.29 is 4.79 Å². The first-order chi connectivity index (χ1) is 9.41. The Balaban J connectivity index is 1.95. The van der Waals surface area contributed by atoms with Gasteiger partial charge in [0, 0.05) is 12.6 Å². The van der Waals surface area contributed by atoms with Crippen LogP contribution in [0.4, 0.5) is 10.9 Å². The predicted molar refractivity (Wildman–Crippen MR) is 84.2 cm³/mol. The highest BCUT2D eigenvalue weighted by Gasteiger charge is 2.22. The topological polar surface area (TPSA) is 80.0 Å². The molecule has 20 heavy (non-hydrogen) atoms. The van der Waals surface area contributed by atoms with Gasteiger partial charge in [-0.05, 0) is 31.1 Å².